The lowest BCUT2D eigenvalue weighted by atomic mass is 9.87. The summed E-state index contributed by atoms with van der Waals surface area (Å²) in [4.78, 5) is 25.3. The van der Waals surface area contributed by atoms with Gasteiger partial charge in [-0.25, -0.2) is 9.59 Å². The summed E-state index contributed by atoms with van der Waals surface area (Å²) in [5, 5.41) is 14.5. The number of amides is 2. The van der Waals surface area contributed by atoms with Crippen molar-refractivity contribution in [3.8, 4) is 0 Å². The highest BCUT2D eigenvalue weighted by atomic mass is 16.4. The highest BCUT2D eigenvalue weighted by Crippen LogP contribution is 2.19. The lowest BCUT2D eigenvalue weighted by Gasteiger charge is -2.31. The molecule has 3 N–H and O–H groups in total. The van der Waals surface area contributed by atoms with E-state index in [4.69, 9.17) is 5.11 Å². The van der Waals surface area contributed by atoms with Gasteiger partial charge in [-0.3, -0.25) is 0 Å². The summed E-state index contributed by atoms with van der Waals surface area (Å²) in [7, 11) is 2.08. The summed E-state index contributed by atoms with van der Waals surface area (Å²) in [6.07, 6.45) is 2.25. The number of hydrogen-bond donors (Lipinski definition) is 3. The Morgan fingerprint density at radius 2 is 2.05 bits per heavy atom. The molecule has 0 bridgehead atoms. The van der Waals surface area contributed by atoms with E-state index in [9.17, 15) is 9.59 Å². The number of nitrogens with zero attached hydrogens (tertiary/aromatic N) is 1. The summed E-state index contributed by atoms with van der Waals surface area (Å²) < 4.78 is 0. The Bertz CT molecular complexity index is 352. The predicted octanol–water partition coefficient (Wildman–Crippen LogP) is 1.13. The van der Waals surface area contributed by atoms with Gasteiger partial charge in [0, 0.05) is 13.1 Å². The molecule has 1 aliphatic rings. The minimum absolute atomic E-state index is 0.402. The number of carboxylic acid groups (broad SMARTS) is 1. The lowest BCUT2D eigenvalue weighted by Crippen LogP contribution is -2.53. The van der Waals surface area contributed by atoms with Crippen LogP contribution in [0.1, 0.15) is 33.6 Å². The molecule has 1 saturated heterocycles. The van der Waals surface area contributed by atoms with Crippen molar-refractivity contribution >= 4 is 12.0 Å². The molecule has 0 radical (unpaired) electrons. The van der Waals surface area contributed by atoms with E-state index in [1.54, 1.807) is 20.8 Å². The third kappa shape index (κ3) is 5.36. The zero-order valence-corrected chi connectivity index (χ0v) is 12.9. The van der Waals surface area contributed by atoms with Crippen molar-refractivity contribution in [1.29, 1.82) is 0 Å². The van der Waals surface area contributed by atoms with E-state index in [-0.39, 0.29) is 0 Å². The van der Waals surface area contributed by atoms with Crippen molar-refractivity contribution in [1.82, 2.24) is 15.5 Å². The summed E-state index contributed by atoms with van der Waals surface area (Å²) in [5.41, 5.74) is -0.520. The van der Waals surface area contributed by atoms with E-state index < -0.39 is 23.5 Å². The normalized spacial score (nSPS) is 22.1. The largest absolute Gasteiger partial charge is 0.480 e. The molecule has 1 heterocycles. The van der Waals surface area contributed by atoms with Gasteiger partial charge in [0.2, 0.25) is 0 Å². The van der Waals surface area contributed by atoms with Crippen molar-refractivity contribution in [3.63, 3.8) is 0 Å². The van der Waals surface area contributed by atoms with Crippen LogP contribution >= 0.6 is 0 Å². The lowest BCUT2D eigenvalue weighted by molar-refractivity contribution is -0.141. The molecule has 0 aromatic heterocycles. The van der Waals surface area contributed by atoms with Gasteiger partial charge < -0.3 is 20.6 Å². The van der Waals surface area contributed by atoms with E-state index in [0.717, 1.165) is 25.9 Å². The molecular formula is C14H27N3O3. The average Bonchev–Trinajstić information content (AvgIpc) is 2.31. The minimum Gasteiger partial charge on any atom is -0.480 e. The molecule has 1 aliphatic heterocycles. The van der Waals surface area contributed by atoms with Crippen molar-refractivity contribution in [2.75, 3.05) is 26.7 Å². The number of aliphatic carboxylic acids is 1. The van der Waals surface area contributed by atoms with Crippen LogP contribution in [0.25, 0.3) is 0 Å². The topological polar surface area (TPSA) is 81.7 Å². The third-order valence-corrected chi connectivity index (χ3v) is 3.66. The second-order valence-corrected chi connectivity index (χ2v) is 6.76. The Morgan fingerprint density at radius 3 is 2.55 bits per heavy atom. The van der Waals surface area contributed by atoms with Crippen LogP contribution < -0.4 is 10.6 Å². The van der Waals surface area contributed by atoms with Gasteiger partial charge in [-0.2, -0.15) is 0 Å². The highest BCUT2D eigenvalue weighted by Gasteiger charge is 2.32. The van der Waals surface area contributed by atoms with Gasteiger partial charge in [-0.15, -0.1) is 0 Å². The average molecular weight is 285 g/mol. The Labute approximate surface area is 120 Å². The van der Waals surface area contributed by atoms with Crippen LogP contribution in [-0.4, -0.2) is 54.7 Å². The summed E-state index contributed by atoms with van der Waals surface area (Å²) >= 11 is 0. The fourth-order valence-electron chi connectivity index (χ4n) is 2.51. The molecule has 116 valence electrons. The van der Waals surface area contributed by atoms with Crippen LogP contribution in [0.5, 0.6) is 0 Å². The van der Waals surface area contributed by atoms with Gasteiger partial charge in [0.1, 0.15) is 6.04 Å². The number of nitrogens with one attached hydrogen (secondary N) is 2. The van der Waals surface area contributed by atoms with E-state index in [2.05, 4.69) is 22.6 Å². The molecule has 0 aromatic carbocycles. The van der Waals surface area contributed by atoms with Crippen molar-refractivity contribution in [3.05, 3.63) is 0 Å². The molecule has 2 amide bonds. The van der Waals surface area contributed by atoms with Crippen LogP contribution in [0.15, 0.2) is 0 Å². The SMILES string of the molecule is CN1CCCC(CNC(=O)N[C@@H](C(=O)O)C(C)(C)C)C1. The first-order valence-corrected chi connectivity index (χ1v) is 7.16. The van der Waals surface area contributed by atoms with Crippen molar-refractivity contribution < 1.29 is 14.7 Å². The van der Waals surface area contributed by atoms with Crippen LogP contribution in [0.4, 0.5) is 4.79 Å². The Hall–Kier alpha value is -1.30. The first kappa shape index (κ1) is 16.8. The minimum atomic E-state index is -1.01. The summed E-state index contributed by atoms with van der Waals surface area (Å²) in [6, 6.07) is -1.29. The van der Waals surface area contributed by atoms with E-state index in [1.165, 1.54) is 0 Å². The van der Waals surface area contributed by atoms with Crippen LogP contribution in [0.3, 0.4) is 0 Å². The van der Waals surface area contributed by atoms with Gasteiger partial charge in [0.15, 0.2) is 0 Å². The van der Waals surface area contributed by atoms with Gasteiger partial charge in [-0.1, -0.05) is 20.8 Å². The third-order valence-electron chi connectivity index (χ3n) is 3.66. The molecule has 1 rings (SSSR count). The van der Waals surface area contributed by atoms with Gasteiger partial charge >= 0.3 is 12.0 Å². The number of carboxylic acids is 1. The zero-order chi connectivity index (χ0) is 15.3. The second kappa shape index (κ2) is 6.92. The van der Waals surface area contributed by atoms with E-state index in [1.807, 2.05) is 0 Å². The van der Waals surface area contributed by atoms with Crippen LogP contribution in [-0.2, 0) is 4.79 Å². The van der Waals surface area contributed by atoms with Crippen molar-refractivity contribution in [2.45, 2.75) is 39.7 Å². The van der Waals surface area contributed by atoms with Crippen LogP contribution in [0, 0.1) is 11.3 Å². The first-order valence-electron chi connectivity index (χ1n) is 7.16. The second-order valence-electron chi connectivity index (χ2n) is 6.76. The molecule has 0 saturated carbocycles. The van der Waals surface area contributed by atoms with Crippen LogP contribution in [0.2, 0.25) is 0 Å². The number of likely N-dealkylation sites (tertiary alicyclic amines) is 1. The Kier molecular flexibility index (Phi) is 5.80. The standard InChI is InChI=1S/C14H27N3O3/c1-14(2,3)11(12(18)19)16-13(20)15-8-10-6-5-7-17(4)9-10/h10-11H,5-9H2,1-4H3,(H,18,19)(H2,15,16,20)/t10?,11-/m0/s1. The Morgan fingerprint density at radius 1 is 1.40 bits per heavy atom. The predicted molar refractivity (Wildman–Crippen MR) is 77.6 cm³/mol. The maximum absolute atomic E-state index is 11.8. The summed E-state index contributed by atoms with van der Waals surface area (Å²) in [5.74, 6) is -0.567. The number of rotatable bonds is 4. The fourth-order valence-corrected chi connectivity index (χ4v) is 2.51. The fraction of sp³-hybridized carbons (Fsp3) is 0.857. The molecule has 0 spiro atoms. The number of carbonyl (C=O) groups excluding carboxylic acids is 1. The number of carbonyl (C=O) groups is 2. The maximum atomic E-state index is 11.8. The quantitative estimate of drug-likeness (QED) is 0.723. The number of urea groups is 1. The maximum Gasteiger partial charge on any atom is 0.326 e. The zero-order valence-electron chi connectivity index (χ0n) is 12.9. The smallest absolute Gasteiger partial charge is 0.326 e. The number of hydrogen-bond acceptors (Lipinski definition) is 3. The molecule has 20 heavy (non-hydrogen) atoms. The molecule has 0 aromatic rings. The van der Waals surface area contributed by atoms with E-state index >= 15 is 0 Å². The molecule has 6 heteroatoms. The number of piperidine rings is 1. The molecule has 6 nitrogen and oxygen atoms in total. The Balaban J connectivity index is 2.40. The molecule has 1 fully saturated rings. The molecule has 0 aliphatic carbocycles. The van der Waals surface area contributed by atoms with Crippen molar-refractivity contribution in [2.24, 2.45) is 11.3 Å². The van der Waals surface area contributed by atoms with Gasteiger partial charge in [0.25, 0.3) is 0 Å². The summed E-state index contributed by atoms with van der Waals surface area (Å²) in [6.45, 7) is 8.05. The molecule has 1 unspecified atom stereocenters. The van der Waals surface area contributed by atoms with E-state index in [0.29, 0.717) is 12.5 Å². The highest BCUT2D eigenvalue weighted by molar-refractivity contribution is 5.83. The van der Waals surface area contributed by atoms with Gasteiger partial charge in [0.05, 0.1) is 0 Å². The van der Waals surface area contributed by atoms with Gasteiger partial charge in [-0.05, 0) is 37.8 Å². The molecular weight excluding hydrogens is 258 g/mol. The molecule has 2 atom stereocenters. The first-order chi connectivity index (χ1) is 9.20. The monoisotopic (exact) mass is 285 g/mol.